The molecule has 1 unspecified atom stereocenters. The van der Waals surface area contributed by atoms with Gasteiger partial charge in [0.05, 0.1) is 11.7 Å². The van der Waals surface area contributed by atoms with Gasteiger partial charge in [-0.25, -0.2) is 13.1 Å². The molecule has 2 rings (SSSR count). The van der Waals surface area contributed by atoms with Crippen LogP contribution in [0.1, 0.15) is 24.5 Å². The zero-order chi connectivity index (χ0) is 14.0. The Hall–Kier alpha value is -1.86. The zero-order valence-electron chi connectivity index (χ0n) is 10.6. The Balaban J connectivity index is 2.25. The predicted molar refractivity (Wildman–Crippen MR) is 70.8 cm³/mol. The van der Waals surface area contributed by atoms with E-state index in [0.29, 0.717) is 5.76 Å². The minimum atomic E-state index is -3.73. The minimum Gasteiger partial charge on any atom is -0.465 e. The molecule has 0 saturated heterocycles. The highest BCUT2D eigenvalue weighted by molar-refractivity contribution is 7.89. The molecule has 0 aliphatic heterocycles. The molecule has 0 radical (unpaired) electrons. The minimum absolute atomic E-state index is 0.0369. The largest absolute Gasteiger partial charge is 0.465 e. The van der Waals surface area contributed by atoms with E-state index in [1.54, 1.807) is 26.0 Å². The Bertz CT molecular complexity index is 679. The van der Waals surface area contributed by atoms with Crippen molar-refractivity contribution >= 4 is 15.7 Å². The Morgan fingerprint density at radius 1 is 1.37 bits per heavy atom. The first kappa shape index (κ1) is 13.6. The van der Waals surface area contributed by atoms with E-state index in [1.807, 2.05) is 0 Å². The normalized spacial score (nSPS) is 13.4. The van der Waals surface area contributed by atoms with Gasteiger partial charge in [-0.2, -0.15) is 0 Å². The van der Waals surface area contributed by atoms with E-state index < -0.39 is 16.1 Å². The highest BCUT2D eigenvalue weighted by atomic mass is 32.2. The fourth-order valence-corrected chi connectivity index (χ4v) is 2.94. The van der Waals surface area contributed by atoms with Crippen LogP contribution in [0, 0.1) is 6.92 Å². The average Bonchev–Trinajstić information content (AvgIpc) is 2.76. The number of nitrogens with zero attached hydrogens (tertiary/aromatic N) is 1. The third kappa shape index (κ3) is 2.94. The van der Waals surface area contributed by atoms with Gasteiger partial charge in [-0.05, 0) is 32.0 Å². The number of sulfonamides is 1. The molecule has 0 fully saturated rings. The third-order valence-electron chi connectivity index (χ3n) is 2.63. The molecule has 3 N–H and O–H groups in total. The second kappa shape index (κ2) is 5.02. The molecule has 6 nitrogen and oxygen atoms in total. The molecule has 0 aromatic carbocycles. The van der Waals surface area contributed by atoms with Gasteiger partial charge in [0.1, 0.15) is 16.4 Å². The second-order valence-electron chi connectivity index (χ2n) is 4.20. The second-order valence-corrected chi connectivity index (χ2v) is 5.89. The number of pyridine rings is 1. The van der Waals surface area contributed by atoms with Crippen molar-refractivity contribution in [3.05, 3.63) is 42.1 Å². The quantitative estimate of drug-likeness (QED) is 0.887. The van der Waals surface area contributed by atoms with E-state index >= 15 is 0 Å². The van der Waals surface area contributed by atoms with Crippen molar-refractivity contribution in [2.45, 2.75) is 24.8 Å². The van der Waals surface area contributed by atoms with Crippen LogP contribution in [0.25, 0.3) is 0 Å². The number of rotatable bonds is 4. The van der Waals surface area contributed by atoms with Crippen LogP contribution in [0.5, 0.6) is 0 Å². The van der Waals surface area contributed by atoms with Gasteiger partial charge in [-0.15, -0.1) is 0 Å². The Kier molecular flexibility index (Phi) is 3.59. The molecule has 0 bridgehead atoms. The maximum absolute atomic E-state index is 12.2. The number of nitrogens with one attached hydrogen (secondary N) is 1. The smallest absolute Gasteiger partial charge is 0.244 e. The fraction of sp³-hybridized carbons (Fsp3) is 0.250. The number of nitrogens with two attached hydrogens (primary N) is 1. The number of hydrogen-bond acceptors (Lipinski definition) is 5. The van der Waals surface area contributed by atoms with E-state index in [4.69, 9.17) is 10.2 Å². The van der Waals surface area contributed by atoms with Crippen LogP contribution in [0.3, 0.4) is 0 Å². The van der Waals surface area contributed by atoms with Gasteiger partial charge in [0.2, 0.25) is 10.0 Å². The van der Waals surface area contributed by atoms with Gasteiger partial charge in [0.15, 0.2) is 0 Å². The van der Waals surface area contributed by atoms with Crippen molar-refractivity contribution in [3.8, 4) is 0 Å². The van der Waals surface area contributed by atoms with Gasteiger partial charge < -0.3 is 10.2 Å². The molecular weight excluding hydrogens is 266 g/mol. The van der Waals surface area contributed by atoms with Crippen molar-refractivity contribution in [2.24, 2.45) is 0 Å². The van der Waals surface area contributed by atoms with Crippen LogP contribution >= 0.6 is 0 Å². The summed E-state index contributed by atoms with van der Waals surface area (Å²) in [5.41, 5.74) is 5.80. The van der Waals surface area contributed by atoms with E-state index in [9.17, 15) is 8.42 Å². The van der Waals surface area contributed by atoms with Gasteiger partial charge in [-0.3, -0.25) is 4.98 Å². The third-order valence-corrected chi connectivity index (χ3v) is 4.21. The number of aryl methyl sites for hydroxylation is 1. The Morgan fingerprint density at radius 2 is 2.11 bits per heavy atom. The van der Waals surface area contributed by atoms with Crippen molar-refractivity contribution in [3.63, 3.8) is 0 Å². The molecule has 0 spiro atoms. The summed E-state index contributed by atoms with van der Waals surface area (Å²) in [5, 5.41) is 0. The standard InChI is InChI=1S/C12H15N3O3S/c1-8-3-4-11(18-8)9(2)15-19(16,17)12-7-14-6-5-10(12)13/h3-7,9,15H,1-2H3,(H2,13,14). The van der Waals surface area contributed by atoms with Crippen molar-refractivity contribution in [1.82, 2.24) is 9.71 Å². The summed E-state index contributed by atoms with van der Waals surface area (Å²) in [7, 11) is -3.73. The lowest BCUT2D eigenvalue weighted by molar-refractivity contribution is 0.441. The first-order valence-electron chi connectivity index (χ1n) is 5.68. The molecule has 2 heterocycles. The van der Waals surface area contributed by atoms with Crippen molar-refractivity contribution in [1.29, 1.82) is 0 Å². The van der Waals surface area contributed by atoms with Crippen molar-refractivity contribution < 1.29 is 12.8 Å². The molecule has 2 aromatic heterocycles. The monoisotopic (exact) mass is 281 g/mol. The molecule has 1 atom stereocenters. The van der Waals surface area contributed by atoms with Gasteiger partial charge in [-0.1, -0.05) is 0 Å². The highest BCUT2D eigenvalue weighted by Gasteiger charge is 2.22. The Morgan fingerprint density at radius 3 is 2.68 bits per heavy atom. The van der Waals surface area contributed by atoms with E-state index in [0.717, 1.165) is 5.76 Å². The summed E-state index contributed by atoms with van der Waals surface area (Å²) in [6.45, 7) is 3.49. The van der Waals surface area contributed by atoms with Crippen LogP contribution in [0.4, 0.5) is 5.69 Å². The number of hydrogen-bond donors (Lipinski definition) is 2. The maximum Gasteiger partial charge on any atom is 0.244 e. The van der Waals surface area contributed by atoms with Crippen LogP contribution in [0.15, 0.2) is 39.9 Å². The van der Waals surface area contributed by atoms with Crippen LogP contribution in [-0.4, -0.2) is 13.4 Å². The summed E-state index contributed by atoms with van der Waals surface area (Å²) in [5.74, 6) is 1.27. The first-order valence-corrected chi connectivity index (χ1v) is 7.16. The fourth-order valence-electron chi connectivity index (χ4n) is 1.66. The summed E-state index contributed by atoms with van der Waals surface area (Å²) in [4.78, 5) is 3.74. The molecular formula is C12H15N3O3S. The maximum atomic E-state index is 12.2. The Labute approximate surface area is 111 Å². The van der Waals surface area contributed by atoms with Gasteiger partial charge in [0.25, 0.3) is 0 Å². The van der Waals surface area contributed by atoms with E-state index in [2.05, 4.69) is 9.71 Å². The van der Waals surface area contributed by atoms with Crippen LogP contribution in [-0.2, 0) is 10.0 Å². The first-order chi connectivity index (χ1) is 8.90. The number of furan rings is 1. The molecule has 2 aromatic rings. The topological polar surface area (TPSA) is 98.2 Å². The predicted octanol–water partition coefficient (Wildman–Crippen LogP) is 1.60. The van der Waals surface area contributed by atoms with Gasteiger partial charge >= 0.3 is 0 Å². The molecule has 102 valence electrons. The summed E-state index contributed by atoms with van der Waals surface area (Å²) >= 11 is 0. The average molecular weight is 281 g/mol. The van der Waals surface area contributed by atoms with Crippen LogP contribution < -0.4 is 10.5 Å². The van der Waals surface area contributed by atoms with E-state index in [-0.39, 0.29) is 10.6 Å². The molecule has 0 aliphatic rings. The lowest BCUT2D eigenvalue weighted by Crippen LogP contribution is -2.27. The summed E-state index contributed by atoms with van der Waals surface area (Å²) in [6, 6.07) is 4.46. The number of nitrogen functional groups attached to an aromatic ring is 1. The molecule has 0 amide bonds. The summed E-state index contributed by atoms with van der Waals surface area (Å²) in [6.07, 6.45) is 2.66. The number of anilines is 1. The number of aromatic nitrogens is 1. The van der Waals surface area contributed by atoms with Crippen molar-refractivity contribution in [2.75, 3.05) is 5.73 Å². The van der Waals surface area contributed by atoms with E-state index in [1.165, 1.54) is 18.5 Å². The molecule has 0 aliphatic carbocycles. The van der Waals surface area contributed by atoms with Gasteiger partial charge in [0, 0.05) is 12.4 Å². The molecule has 0 saturated carbocycles. The lowest BCUT2D eigenvalue weighted by Gasteiger charge is -2.13. The lowest BCUT2D eigenvalue weighted by atomic mass is 10.3. The molecule has 19 heavy (non-hydrogen) atoms. The zero-order valence-corrected chi connectivity index (χ0v) is 11.4. The van der Waals surface area contributed by atoms with Crippen LogP contribution in [0.2, 0.25) is 0 Å². The SMILES string of the molecule is Cc1ccc(C(C)NS(=O)(=O)c2cnccc2N)o1. The summed E-state index contributed by atoms with van der Waals surface area (Å²) < 4.78 is 32.2. The highest BCUT2D eigenvalue weighted by Crippen LogP contribution is 2.21. The molecule has 7 heteroatoms.